The smallest absolute Gasteiger partial charge is 0.272 e. The molecule has 0 spiro atoms. The highest BCUT2D eigenvalue weighted by atomic mass is 32.1. The zero-order chi connectivity index (χ0) is 22.5. The molecule has 3 aromatic rings. The van der Waals surface area contributed by atoms with E-state index in [1.165, 1.54) is 38.7 Å². The van der Waals surface area contributed by atoms with E-state index in [1.54, 1.807) is 42.6 Å². The molecule has 0 atom stereocenters. The van der Waals surface area contributed by atoms with Gasteiger partial charge in [0.25, 0.3) is 5.69 Å². The topological polar surface area (TPSA) is 108 Å². The number of hydrogen-bond acceptors (Lipinski definition) is 8. The zero-order valence-electron chi connectivity index (χ0n) is 17.3. The molecule has 1 heterocycles. The Morgan fingerprint density at radius 1 is 1.16 bits per heavy atom. The fraction of sp³-hybridized carbons (Fsp3) is 0.182. The van der Waals surface area contributed by atoms with Gasteiger partial charge in [-0.3, -0.25) is 10.1 Å². The Labute approximate surface area is 183 Å². The Morgan fingerprint density at radius 2 is 1.84 bits per heavy atom. The maximum atomic E-state index is 11.2. The first-order chi connectivity index (χ1) is 14.9. The van der Waals surface area contributed by atoms with Crippen molar-refractivity contribution in [3.63, 3.8) is 0 Å². The first kappa shape index (κ1) is 21.8. The van der Waals surface area contributed by atoms with Crippen molar-refractivity contribution >= 4 is 28.7 Å². The summed E-state index contributed by atoms with van der Waals surface area (Å²) < 4.78 is 16.0. The SMILES string of the molecule is COc1cc(/C=C(/C#N)c2nc(-c3ccc(C)c([N+](=O)[O-])c3)cs2)cc(OC)c1OC. The first-order valence-corrected chi connectivity index (χ1v) is 9.92. The molecule has 0 amide bonds. The van der Waals surface area contributed by atoms with E-state index < -0.39 is 4.92 Å². The predicted molar refractivity (Wildman–Crippen MR) is 119 cm³/mol. The van der Waals surface area contributed by atoms with Gasteiger partial charge in [-0.25, -0.2) is 4.98 Å². The number of thiazole rings is 1. The van der Waals surface area contributed by atoms with Crippen molar-refractivity contribution in [1.82, 2.24) is 4.98 Å². The van der Waals surface area contributed by atoms with Gasteiger partial charge in [0.05, 0.1) is 37.5 Å². The number of methoxy groups -OCH3 is 3. The molecular formula is C22H19N3O5S. The molecule has 9 heteroatoms. The molecule has 0 aliphatic carbocycles. The third-order valence-electron chi connectivity index (χ3n) is 4.55. The number of aryl methyl sites for hydroxylation is 1. The highest BCUT2D eigenvalue weighted by Crippen LogP contribution is 2.39. The fourth-order valence-electron chi connectivity index (χ4n) is 2.99. The monoisotopic (exact) mass is 437 g/mol. The number of nitrogens with zero attached hydrogens (tertiary/aromatic N) is 3. The van der Waals surface area contributed by atoms with Gasteiger partial charge in [0.15, 0.2) is 11.5 Å². The van der Waals surface area contributed by atoms with E-state index >= 15 is 0 Å². The molecule has 0 saturated heterocycles. The molecular weight excluding hydrogens is 418 g/mol. The summed E-state index contributed by atoms with van der Waals surface area (Å²) in [5.74, 6) is 1.40. The third kappa shape index (κ3) is 4.49. The van der Waals surface area contributed by atoms with Crippen LogP contribution in [0.4, 0.5) is 5.69 Å². The highest BCUT2D eigenvalue weighted by Gasteiger charge is 2.16. The van der Waals surface area contributed by atoms with E-state index in [9.17, 15) is 15.4 Å². The van der Waals surface area contributed by atoms with Crippen LogP contribution < -0.4 is 14.2 Å². The summed E-state index contributed by atoms with van der Waals surface area (Å²) in [6, 6.07) is 10.6. The quantitative estimate of drug-likeness (QED) is 0.287. The Hall–Kier alpha value is -3.90. The average Bonchev–Trinajstić information content (AvgIpc) is 3.26. The van der Waals surface area contributed by atoms with Crippen LogP contribution >= 0.6 is 11.3 Å². The van der Waals surface area contributed by atoms with Crippen molar-refractivity contribution in [2.75, 3.05) is 21.3 Å². The van der Waals surface area contributed by atoms with Crippen LogP contribution in [0.3, 0.4) is 0 Å². The maximum Gasteiger partial charge on any atom is 0.272 e. The van der Waals surface area contributed by atoms with Gasteiger partial charge >= 0.3 is 0 Å². The molecule has 2 aromatic carbocycles. The molecule has 0 aliphatic rings. The minimum Gasteiger partial charge on any atom is -0.493 e. The number of benzene rings is 2. The van der Waals surface area contributed by atoms with Gasteiger partial charge in [-0.2, -0.15) is 5.26 Å². The highest BCUT2D eigenvalue weighted by molar-refractivity contribution is 7.11. The van der Waals surface area contributed by atoms with Crippen LogP contribution in [0, 0.1) is 28.4 Å². The number of aromatic nitrogens is 1. The van der Waals surface area contributed by atoms with Crippen LogP contribution in [0.15, 0.2) is 35.7 Å². The minimum absolute atomic E-state index is 0.0283. The second-order valence-electron chi connectivity index (χ2n) is 6.42. The van der Waals surface area contributed by atoms with Gasteiger partial charge in [0.2, 0.25) is 5.75 Å². The molecule has 0 fully saturated rings. The van der Waals surface area contributed by atoms with Gasteiger partial charge in [0, 0.05) is 22.6 Å². The summed E-state index contributed by atoms with van der Waals surface area (Å²) in [5.41, 5.74) is 2.80. The summed E-state index contributed by atoms with van der Waals surface area (Å²) in [5, 5.41) is 23.2. The lowest BCUT2D eigenvalue weighted by Gasteiger charge is -2.13. The van der Waals surface area contributed by atoms with Crippen LogP contribution in [0.5, 0.6) is 17.2 Å². The Bertz CT molecular complexity index is 1190. The molecule has 3 rings (SSSR count). The molecule has 158 valence electrons. The number of nitriles is 1. The number of rotatable bonds is 7. The fourth-order valence-corrected chi connectivity index (χ4v) is 3.78. The van der Waals surface area contributed by atoms with Crippen LogP contribution in [0.25, 0.3) is 22.9 Å². The lowest BCUT2D eigenvalue weighted by Crippen LogP contribution is -1.95. The van der Waals surface area contributed by atoms with E-state index in [-0.39, 0.29) is 5.69 Å². The Kier molecular flexibility index (Phi) is 6.52. The van der Waals surface area contributed by atoms with E-state index in [0.29, 0.717) is 50.2 Å². The van der Waals surface area contributed by atoms with Gasteiger partial charge in [-0.1, -0.05) is 12.1 Å². The van der Waals surface area contributed by atoms with Crippen LogP contribution in [0.2, 0.25) is 0 Å². The second kappa shape index (κ2) is 9.28. The van der Waals surface area contributed by atoms with Gasteiger partial charge in [-0.15, -0.1) is 11.3 Å². The predicted octanol–water partition coefficient (Wildman–Crippen LogP) is 5.12. The molecule has 0 unspecified atom stereocenters. The van der Waals surface area contributed by atoms with Crippen molar-refractivity contribution in [2.24, 2.45) is 0 Å². The second-order valence-corrected chi connectivity index (χ2v) is 7.28. The van der Waals surface area contributed by atoms with Crippen molar-refractivity contribution in [3.05, 3.63) is 62.0 Å². The van der Waals surface area contributed by atoms with Gasteiger partial charge < -0.3 is 14.2 Å². The average molecular weight is 437 g/mol. The lowest BCUT2D eigenvalue weighted by atomic mass is 10.1. The molecule has 31 heavy (non-hydrogen) atoms. The zero-order valence-corrected chi connectivity index (χ0v) is 18.1. The number of ether oxygens (including phenoxy) is 3. The van der Waals surface area contributed by atoms with E-state index in [0.717, 1.165) is 0 Å². The van der Waals surface area contributed by atoms with E-state index in [2.05, 4.69) is 11.1 Å². The van der Waals surface area contributed by atoms with Crippen molar-refractivity contribution in [3.8, 4) is 34.6 Å². The summed E-state index contributed by atoms with van der Waals surface area (Å²) in [4.78, 5) is 15.3. The Balaban J connectivity index is 2.01. The molecule has 0 radical (unpaired) electrons. The molecule has 1 aromatic heterocycles. The third-order valence-corrected chi connectivity index (χ3v) is 5.43. The molecule has 0 saturated carbocycles. The summed E-state index contributed by atoms with van der Waals surface area (Å²) in [6.45, 7) is 1.68. The van der Waals surface area contributed by atoms with E-state index in [4.69, 9.17) is 14.2 Å². The number of nitro benzene ring substituents is 1. The van der Waals surface area contributed by atoms with Crippen molar-refractivity contribution < 1.29 is 19.1 Å². The molecule has 0 N–H and O–H groups in total. The van der Waals surface area contributed by atoms with Crippen molar-refractivity contribution in [2.45, 2.75) is 6.92 Å². The standard InChI is InChI=1S/C22H19N3O5S/c1-13-5-6-15(10-18(13)25(26)27)17-12-31-22(24-17)16(11-23)7-14-8-19(28-2)21(30-4)20(9-14)29-3/h5-10,12H,1-4H3/b16-7-. The maximum absolute atomic E-state index is 11.2. The van der Waals surface area contributed by atoms with Crippen LogP contribution in [-0.2, 0) is 0 Å². The largest absolute Gasteiger partial charge is 0.493 e. The number of allylic oxidation sites excluding steroid dienone is 1. The van der Waals surface area contributed by atoms with Crippen LogP contribution in [-0.4, -0.2) is 31.2 Å². The molecule has 8 nitrogen and oxygen atoms in total. The number of hydrogen-bond donors (Lipinski definition) is 0. The van der Waals surface area contributed by atoms with Gasteiger partial charge in [0.1, 0.15) is 11.1 Å². The normalized spacial score (nSPS) is 11.0. The summed E-state index contributed by atoms with van der Waals surface area (Å²) in [6.07, 6.45) is 1.67. The lowest BCUT2D eigenvalue weighted by molar-refractivity contribution is -0.385. The Morgan fingerprint density at radius 3 is 2.39 bits per heavy atom. The number of nitro groups is 1. The van der Waals surface area contributed by atoms with Crippen molar-refractivity contribution in [1.29, 1.82) is 5.26 Å². The summed E-state index contributed by atoms with van der Waals surface area (Å²) >= 11 is 1.28. The van der Waals surface area contributed by atoms with Crippen LogP contribution in [0.1, 0.15) is 16.1 Å². The first-order valence-electron chi connectivity index (χ1n) is 9.05. The molecule has 0 bridgehead atoms. The molecule has 0 aliphatic heterocycles. The van der Waals surface area contributed by atoms with E-state index in [1.807, 2.05) is 0 Å². The minimum atomic E-state index is -0.419. The summed E-state index contributed by atoms with van der Waals surface area (Å²) in [7, 11) is 4.55. The van der Waals surface area contributed by atoms with Gasteiger partial charge in [-0.05, 0) is 30.7 Å².